The Balaban J connectivity index is 2.02. The van der Waals surface area contributed by atoms with E-state index in [1.807, 2.05) is 13.1 Å². The highest BCUT2D eigenvalue weighted by Crippen LogP contribution is 2.27. The Morgan fingerprint density at radius 3 is 2.83 bits per heavy atom. The highest BCUT2D eigenvalue weighted by Gasteiger charge is 2.23. The van der Waals surface area contributed by atoms with E-state index < -0.39 is 0 Å². The van der Waals surface area contributed by atoms with Gasteiger partial charge in [-0.25, -0.2) is 0 Å². The van der Waals surface area contributed by atoms with Crippen molar-refractivity contribution in [2.24, 2.45) is 5.92 Å². The number of anilines is 1. The van der Waals surface area contributed by atoms with Crippen molar-refractivity contribution in [3.05, 3.63) is 24.0 Å². The third-order valence-electron chi connectivity index (χ3n) is 3.80. The summed E-state index contributed by atoms with van der Waals surface area (Å²) in [6.45, 7) is 2.10. The predicted molar refractivity (Wildman–Crippen MR) is 72.7 cm³/mol. The van der Waals surface area contributed by atoms with Gasteiger partial charge >= 0.3 is 0 Å². The molecule has 98 valence electrons. The van der Waals surface area contributed by atoms with Crippen molar-refractivity contribution in [1.82, 2.24) is 10.3 Å². The molecule has 1 unspecified atom stereocenters. The summed E-state index contributed by atoms with van der Waals surface area (Å²) in [5.74, 6) is 0.593. The van der Waals surface area contributed by atoms with Crippen molar-refractivity contribution in [3.8, 4) is 0 Å². The van der Waals surface area contributed by atoms with Crippen LogP contribution >= 0.6 is 0 Å². The normalized spacial score (nSPS) is 17.4. The number of hydrogen-bond donors (Lipinski definition) is 2. The quantitative estimate of drug-likeness (QED) is 0.859. The fraction of sp³-hybridized carbons (Fsp3) is 0.571. The van der Waals surface area contributed by atoms with Gasteiger partial charge in [0.25, 0.3) is 5.91 Å². The summed E-state index contributed by atoms with van der Waals surface area (Å²) in [6.07, 6.45) is 8.34. The van der Waals surface area contributed by atoms with Crippen LogP contribution in [-0.4, -0.2) is 24.0 Å². The molecule has 1 atom stereocenters. The number of amides is 1. The number of carbonyl (C=O) groups excluding carboxylic acids is 1. The van der Waals surface area contributed by atoms with Gasteiger partial charge in [-0.15, -0.1) is 0 Å². The van der Waals surface area contributed by atoms with Gasteiger partial charge < -0.3 is 10.6 Å². The summed E-state index contributed by atoms with van der Waals surface area (Å²) in [6, 6.07) is 2.06. The predicted octanol–water partition coefficient (Wildman–Crippen LogP) is 2.43. The fourth-order valence-corrected chi connectivity index (χ4v) is 2.65. The van der Waals surface area contributed by atoms with E-state index in [4.69, 9.17) is 0 Å². The number of hydrogen-bond acceptors (Lipinski definition) is 3. The number of carbonyl (C=O) groups is 1. The molecule has 0 aliphatic heterocycles. The van der Waals surface area contributed by atoms with E-state index in [-0.39, 0.29) is 11.9 Å². The lowest BCUT2D eigenvalue weighted by atomic mass is 9.99. The van der Waals surface area contributed by atoms with Gasteiger partial charge in [-0.1, -0.05) is 12.8 Å². The zero-order chi connectivity index (χ0) is 13.0. The number of rotatable bonds is 4. The summed E-state index contributed by atoms with van der Waals surface area (Å²) < 4.78 is 0. The lowest BCUT2D eigenvalue weighted by Crippen LogP contribution is -2.37. The molecule has 2 N–H and O–H groups in total. The molecule has 0 radical (unpaired) electrons. The van der Waals surface area contributed by atoms with E-state index in [2.05, 4.69) is 22.5 Å². The first-order valence-electron chi connectivity index (χ1n) is 6.65. The molecule has 18 heavy (non-hydrogen) atoms. The summed E-state index contributed by atoms with van der Waals surface area (Å²) in [5.41, 5.74) is 1.44. The minimum absolute atomic E-state index is 0.0353. The van der Waals surface area contributed by atoms with Crippen molar-refractivity contribution in [2.75, 3.05) is 12.4 Å². The van der Waals surface area contributed by atoms with E-state index in [0.717, 1.165) is 5.69 Å². The minimum Gasteiger partial charge on any atom is -0.387 e. The van der Waals surface area contributed by atoms with Crippen LogP contribution in [0.1, 0.15) is 43.0 Å². The summed E-state index contributed by atoms with van der Waals surface area (Å²) in [4.78, 5) is 16.2. The monoisotopic (exact) mass is 247 g/mol. The Bertz CT molecular complexity index is 413. The van der Waals surface area contributed by atoms with Crippen LogP contribution in [0.2, 0.25) is 0 Å². The SMILES string of the molecule is CNc1ccncc1C(=O)NC(C)C1CCCC1. The van der Waals surface area contributed by atoms with Crippen LogP contribution in [0.3, 0.4) is 0 Å². The molecule has 1 fully saturated rings. The van der Waals surface area contributed by atoms with Crippen LogP contribution in [0.5, 0.6) is 0 Å². The van der Waals surface area contributed by atoms with Crippen LogP contribution in [-0.2, 0) is 0 Å². The van der Waals surface area contributed by atoms with E-state index >= 15 is 0 Å². The van der Waals surface area contributed by atoms with Crippen LogP contribution in [0.15, 0.2) is 18.5 Å². The molecule has 2 rings (SSSR count). The molecular formula is C14H21N3O. The van der Waals surface area contributed by atoms with E-state index in [9.17, 15) is 4.79 Å². The first-order valence-corrected chi connectivity index (χ1v) is 6.65. The largest absolute Gasteiger partial charge is 0.387 e. The average Bonchev–Trinajstić information content (AvgIpc) is 2.92. The van der Waals surface area contributed by atoms with Crippen LogP contribution in [0, 0.1) is 5.92 Å². The maximum atomic E-state index is 12.2. The Hall–Kier alpha value is -1.58. The van der Waals surface area contributed by atoms with Gasteiger partial charge in [0.2, 0.25) is 0 Å². The van der Waals surface area contributed by atoms with Crippen LogP contribution < -0.4 is 10.6 Å². The zero-order valence-corrected chi connectivity index (χ0v) is 11.1. The Labute approximate surface area is 108 Å². The fourth-order valence-electron chi connectivity index (χ4n) is 2.65. The smallest absolute Gasteiger partial charge is 0.255 e. The van der Waals surface area contributed by atoms with Crippen molar-refractivity contribution in [1.29, 1.82) is 0 Å². The van der Waals surface area contributed by atoms with Crippen molar-refractivity contribution < 1.29 is 4.79 Å². The third kappa shape index (κ3) is 2.81. The van der Waals surface area contributed by atoms with E-state index in [1.165, 1.54) is 25.7 Å². The number of nitrogens with zero attached hydrogens (tertiary/aromatic N) is 1. The Morgan fingerprint density at radius 1 is 1.44 bits per heavy atom. The second-order valence-corrected chi connectivity index (χ2v) is 4.98. The first-order chi connectivity index (χ1) is 8.72. The van der Waals surface area contributed by atoms with Gasteiger partial charge in [-0.05, 0) is 31.7 Å². The maximum Gasteiger partial charge on any atom is 0.255 e. The highest BCUT2D eigenvalue weighted by molar-refractivity contribution is 5.99. The molecule has 1 aromatic rings. The topological polar surface area (TPSA) is 54.0 Å². The van der Waals surface area contributed by atoms with Crippen molar-refractivity contribution in [2.45, 2.75) is 38.6 Å². The number of pyridine rings is 1. The second kappa shape index (κ2) is 5.85. The number of nitrogens with one attached hydrogen (secondary N) is 2. The van der Waals surface area contributed by atoms with Gasteiger partial charge in [-0.2, -0.15) is 0 Å². The average molecular weight is 247 g/mol. The minimum atomic E-state index is -0.0353. The van der Waals surface area contributed by atoms with E-state index in [1.54, 1.807) is 12.4 Å². The standard InChI is InChI=1S/C14H21N3O/c1-10(11-5-3-4-6-11)17-14(18)12-9-16-8-7-13(12)15-2/h7-11H,3-6H2,1-2H3,(H,15,16)(H,17,18). The Morgan fingerprint density at radius 2 is 2.17 bits per heavy atom. The highest BCUT2D eigenvalue weighted by atomic mass is 16.1. The molecule has 1 aliphatic rings. The molecule has 0 saturated heterocycles. The van der Waals surface area contributed by atoms with Gasteiger partial charge in [0.15, 0.2) is 0 Å². The summed E-state index contributed by atoms with van der Waals surface area (Å²) in [5, 5.41) is 6.11. The summed E-state index contributed by atoms with van der Waals surface area (Å²) >= 11 is 0. The molecule has 1 aliphatic carbocycles. The first kappa shape index (κ1) is 12.9. The van der Waals surface area contributed by atoms with Crippen LogP contribution in [0.25, 0.3) is 0 Å². The lowest BCUT2D eigenvalue weighted by molar-refractivity contribution is 0.0927. The zero-order valence-electron chi connectivity index (χ0n) is 11.1. The lowest BCUT2D eigenvalue weighted by Gasteiger charge is -2.20. The molecule has 1 amide bonds. The maximum absolute atomic E-state index is 12.2. The van der Waals surface area contributed by atoms with Gasteiger partial charge in [0.1, 0.15) is 0 Å². The van der Waals surface area contributed by atoms with Crippen molar-refractivity contribution >= 4 is 11.6 Å². The molecule has 4 heteroatoms. The molecule has 4 nitrogen and oxygen atoms in total. The van der Waals surface area contributed by atoms with E-state index in [0.29, 0.717) is 11.5 Å². The second-order valence-electron chi connectivity index (χ2n) is 4.98. The molecular weight excluding hydrogens is 226 g/mol. The Kier molecular flexibility index (Phi) is 4.18. The van der Waals surface area contributed by atoms with Gasteiger partial charge in [-0.3, -0.25) is 9.78 Å². The molecule has 0 aromatic carbocycles. The molecule has 0 spiro atoms. The molecule has 0 bridgehead atoms. The van der Waals surface area contributed by atoms with Gasteiger partial charge in [0.05, 0.1) is 5.56 Å². The third-order valence-corrected chi connectivity index (χ3v) is 3.80. The molecule has 1 aromatic heterocycles. The molecule has 1 heterocycles. The van der Waals surface area contributed by atoms with Gasteiger partial charge in [0, 0.05) is 31.2 Å². The van der Waals surface area contributed by atoms with Crippen molar-refractivity contribution in [3.63, 3.8) is 0 Å². The molecule has 1 saturated carbocycles. The van der Waals surface area contributed by atoms with Crippen LogP contribution in [0.4, 0.5) is 5.69 Å². The summed E-state index contributed by atoms with van der Waals surface area (Å²) in [7, 11) is 1.81. The number of aromatic nitrogens is 1.